The third-order valence-corrected chi connectivity index (χ3v) is 5.83. The van der Waals surface area contributed by atoms with Gasteiger partial charge in [0.1, 0.15) is 11.6 Å². The topological polar surface area (TPSA) is 54.5 Å². The molecular formula is C25H20ClN3O2. The van der Waals surface area contributed by atoms with Gasteiger partial charge in [0.25, 0.3) is 5.91 Å². The molecule has 1 aliphatic heterocycles. The summed E-state index contributed by atoms with van der Waals surface area (Å²) in [5, 5.41) is 4.47. The quantitative estimate of drug-likeness (QED) is 0.442. The van der Waals surface area contributed by atoms with E-state index in [1.807, 2.05) is 54.6 Å². The maximum atomic E-state index is 12.6. The number of hydrogen-bond acceptors (Lipinski definition) is 4. The van der Waals surface area contributed by atoms with E-state index < -0.39 is 0 Å². The molecule has 154 valence electrons. The number of nitrogens with zero attached hydrogens (tertiary/aromatic N) is 2. The minimum atomic E-state index is -0.197. The molecule has 0 bridgehead atoms. The summed E-state index contributed by atoms with van der Waals surface area (Å²) in [4.78, 5) is 19.7. The van der Waals surface area contributed by atoms with Crippen LogP contribution in [0.4, 0.5) is 17.2 Å². The van der Waals surface area contributed by atoms with Crippen molar-refractivity contribution in [2.24, 2.45) is 0 Å². The predicted molar refractivity (Wildman–Crippen MR) is 125 cm³/mol. The molecule has 5 nitrogen and oxygen atoms in total. The van der Waals surface area contributed by atoms with Gasteiger partial charge >= 0.3 is 0 Å². The fourth-order valence-electron chi connectivity index (χ4n) is 3.86. The molecule has 31 heavy (non-hydrogen) atoms. The number of aromatic nitrogens is 1. The molecule has 0 saturated heterocycles. The highest BCUT2D eigenvalue weighted by atomic mass is 35.5. The normalized spacial score (nSPS) is 12.6. The molecule has 0 aliphatic carbocycles. The Morgan fingerprint density at radius 3 is 2.65 bits per heavy atom. The number of para-hydroxylation sites is 1. The van der Waals surface area contributed by atoms with Crippen molar-refractivity contribution in [1.29, 1.82) is 0 Å². The molecule has 6 heteroatoms. The lowest BCUT2D eigenvalue weighted by Crippen LogP contribution is -2.15. The maximum absolute atomic E-state index is 12.6. The van der Waals surface area contributed by atoms with E-state index >= 15 is 0 Å². The van der Waals surface area contributed by atoms with Crippen LogP contribution in [0.2, 0.25) is 5.02 Å². The monoisotopic (exact) mass is 429 g/mol. The van der Waals surface area contributed by atoms with Crippen molar-refractivity contribution in [3.63, 3.8) is 0 Å². The lowest BCUT2D eigenvalue weighted by atomic mass is 10.1. The molecule has 0 spiro atoms. The van der Waals surface area contributed by atoms with E-state index in [2.05, 4.69) is 16.3 Å². The number of halogens is 1. The van der Waals surface area contributed by atoms with Crippen molar-refractivity contribution in [3.8, 4) is 5.75 Å². The second-order valence-electron chi connectivity index (χ2n) is 7.41. The largest absolute Gasteiger partial charge is 0.497 e. The SMILES string of the molecule is COc1ccc2cc3c(nc2c1)N(c1ccc(C(=O)Nc2ccccc2Cl)cc1)CC3. The van der Waals surface area contributed by atoms with E-state index in [-0.39, 0.29) is 5.91 Å². The Kier molecular flexibility index (Phi) is 4.96. The first kappa shape index (κ1) is 19.4. The van der Waals surface area contributed by atoms with Gasteiger partial charge in [0.05, 0.1) is 23.3 Å². The van der Waals surface area contributed by atoms with E-state index in [0.29, 0.717) is 16.3 Å². The van der Waals surface area contributed by atoms with Crippen molar-refractivity contribution in [3.05, 3.63) is 88.9 Å². The lowest BCUT2D eigenvalue weighted by molar-refractivity contribution is 0.102. The summed E-state index contributed by atoms with van der Waals surface area (Å²) in [5.74, 6) is 1.55. The van der Waals surface area contributed by atoms with Crippen LogP contribution >= 0.6 is 11.6 Å². The van der Waals surface area contributed by atoms with Gasteiger partial charge in [-0.25, -0.2) is 4.98 Å². The number of hydrogen-bond donors (Lipinski definition) is 1. The van der Waals surface area contributed by atoms with Gasteiger partial charge < -0.3 is 15.0 Å². The van der Waals surface area contributed by atoms with Gasteiger partial charge in [-0.05, 0) is 66.6 Å². The Labute approximate surface area is 185 Å². The van der Waals surface area contributed by atoms with Crippen molar-refractivity contribution in [2.45, 2.75) is 6.42 Å². The molecule has 1 amide bonds. The molecule has 0 fully saturated rings. The summed E-state index contributed by atoms with van der Waals surface area (Å²) in [6.07, 6.45) is 0.930. The summed E-state index contributed by atoms with van der Waals surface area (Å²) in [6.45, 7) is 0.848. The van der Waals surface area contributed by atoms with Crippen molar-refractivity contribution in [2.75, 3.05) is 23.9 Å². The van der Waals surface area contributed by atoms with Crippen LogP contribution in [-0.2, 0) is 6.42 Å². The fourth-order valence-corrected chi connectivity index (χ4v) is 4.05. The smallest absolute Gasteiger partial charge is 0.255 e. The number of rotatable bonds is 4. The second kappa shape index (κ2) is 7.93. The molecule has 0 unspecified atom stereocenters. The van der Waals surface area contributed by atoms with E-state index in [4.69, 9.17) is 21.3 Å². The second-order valence-corrected chi connectivity index (χ2v) is 7.82. The Morgan fingerprint density at radius 1 is 1.06 bits per heavy atom. The number of carbonyl (C=O) groups excluding carboxylic acids is 1. The van der Waals surface area contributed by atoms with Crippen LogP contribution in [0.15, 0.2) is 72.8 Å². The van der Waals surface area contributed by atoms with E-state index in [1.165, 1.54) is 5.56 Å². The number of amides is 1. The number of carbonyl (C=O) groups is 1. The van der Waals surface area contributed by atoms with E-state index in [0.717, 1.165) is 41.1 Å². The zero-order chi connectivity index (χ0) is 21.4. The molecule has 3 aromatic carbocycles. The minimum absolute atomic E-state index is 0.197. The molecule has 1 N–H and O–H groups in total. The van der Waals surface area contributed by atoms with Crippen molar-refractivity contribution >= 4 is 45.6 Å². The third kappa shape index (κ3) is 3.68. The Hall–Kier alpha value is -3.57. The highest BCUT2D eigenvalue weighted by Crippen LogP contribution is 2.35. The Bertz CT molecular complexity index is 1290. The molecule has 2 heterocycles. The number of methoxy groups -OCH3 is 1. The maximum Gasteiger partial charge on any atom is 0.255 e. The standard InChI is InChI=1S/C25H20ClN3O2/c1-31-20-11-8-17-14-18-12-13-29(24(18)27-23(17)15-20)19-9-6-16(7-10-19)25(30)28-22-5-3-2-4-21(22)26/h2-11,14-15H,12-13H2,1H3,(H,28,30). The van der Waals surface area contributed by atoms with Gasteiger partial charge in [-0.15, -0.1) is 0 Å². The van der Waals surface area contributed by atoms with Crippen LogP contribution in [0, 0.1) is 0 Å². The molecule has 1 aliphatic rings. The Morgan fingerprint density at radius 2 is 1.87 bits per heavy atom. The van der Waals surface area contributed by atoms with Crippen molar-refractivity contribution < 1.29 is 9.53 Å². The molecule has 4 aromatic rings. The van der Waals surface area contributed by atoms with Gasteiger partial charge in [0, 0.05) is 29.2 Å². The first-order valence-electron chi connectivity index (χ1n) is 10.0. The Balaban J connectivity index is 1.40. The fraction of sp³-hybridized carbons (Fsp3) is 0.120. The van der Waals surface area contributed by atoms with E-state index in [9.17, 15) is 4.79 Å². The molecule has 5 rings (SSSR count). The number of nitrogens with one attached hydrogen (secondary N) is 1. The highest BCUT2D eigenvalue weighted by molar-refractivity contribution is 6.33. The number of pyridine rings is 1. The number of fused-ring (bicyclic) bond motifs is 2. The van der Waals surface area contributed by atoms with Crippen LogP contribution in [0.3, 0.4) is 0 Å². The van der Waals surface area contributed by atoms with Crippen LogP contribution < -0.4 is 15.0 Å². The first-order chi connectivity index (χ1) is 15.1. The number of ether oxygens (including phenoxy) is 1. The summed E-state index contributed by atoms with van der Waals surface area (Å²) in [6, 6.07) is 22.9. The molecule has 0 saturated carbocycles. The van der Waals surface area contributed by atoms with Crippen LogP contribution in [0.1, 0.15) is 15.9 Å². The third-order valence-electron chi connectivity index (χ3n) is 5.50. The average molecular weight is 430 g/mol. The predicted octanol–water partition coefficient (Wildman–Crippen LogP) is 5.84. The molecule has 0 radical (unpaired) electrons. The highest BCUT2D eigenvalue weighted by Gasteiger charge is 2.23. The van der Waals surface area contributed by atoms with Gasteiger partial charge in [-0.2, -0.15) is 0 Å². The van der Waals surface area contributed by atoms with Crippen LogP contribution in [0.5, 0.6) is 5.75 Å². The summed E-state index contributed by atoms with van der Waals surface area (Å²) >= 11 is 6.14. The molecule has 1 aromatic heterocycles. The zero-order valence-corrected chi connectivity index (χ0v) is 17.7. The van der Waals surface area contributed by atoms with Crippen molar-refractivity contribution in [1.82, 2.24) is 4.98 Å². The van der Waals surface area contributed by atoms with Gasteiger partial charge in [-0.1, -0.05) is 23.7 Å². The number of anilines is 3. The molecular weight excluding hydrogens is 410 g/mol. The average Bonchev–Trinajstić information content (AvgIpc) is 3.21. The summed E-state index contributed by atoms with van der Waals surface area (Å²) in [5.41, 5.74) is 4.29. The van der Waals surface area contributed by atoms with Gasteiger partial charge in [0.2, 0.25) is 0 Å². The zero-order valence-electron chi connectivity index (χ0n) is 16.9. The first-order valence-corrected chi connectivity index (χ1v) is 10.4. The van der Waals surface area contributed by atoms with Crippen LogP contribution in [-0.4, -0.2) is 24.5 Å². The van der Waals surface area contributed by atoms with Gasteiger partial charge in [-0.3, -0.25) is 4.79 Å². The molecule has 0 atom stereocenters. The lowest BCUT2D eigenvalue weighted by Gasteiger charge is -2.19. The summed E-state index contributed by atoms with van der Waals surface area (Å²) < 4.78 is 5.34. The van der Waals surface area contributed by atoms with E-state index in [1.54, 1.807) is 19.2 Å². The summed E-state index contributed by atoms with van der Waals surface area (Å²) in [7, 11) is 1.66. The van der Waals surface area contributed by atoms with Crippen LogP contribution in [0.25, 0.3) is 10.9 Å². The number of benzene rings is 3. The van der Waals surface area contributed by atoms with Gasteiger partial charge in [0.15, 0.2) is 0 Å². The minimum Gasteiger partial charge on any atom is -0.497 e.